The lowest BCUT2D eigenvalue weighted by molar-refractivity contribution is 0.00227. The summed E-state index contributed by atoms with van der Waals surface area (Å²) >= 11 is 0. The first-order valence-corrected chi connectivity index (χ1v) is 8.40. The van der Waals surface area contributed by atoms with Crippen molar-refractivity contribution in [2.24, 2.45) is 7.05 Å². The van der Waals surface area contributed by atoms with Crippen molar-refractivity contribution in [2.45, 2.75) is 31.4 Å². The summed E-state index contributed by atoms with van der Waals surface area (Å²) in [5.41, 5.74) is 2.27. The van der Waals surface area contributed by atoms with Crippen molar-refractivity contribution in [1.82, 2.24) is 20.4 Å². The molecule has 2 heterocycles. The Morgan fingerprint density at radius 2 is 2.17 bits per heavy atom. The summed E-state index contributed by atoms with van der Waals surface area (Å²) in [6.07, 6.45) is 4.24. The predicted molar refractivity (Wildman–Crippen MR) is 91.6 cm³/mol. The van der Waals surface area contributed by atoms with Gasteiger partial charge >= 0.3 is 6.03 Å². The number of nitrogens with zero attached hydrogens (tertiary/aromatic N) is 2. The molecule has 2 atom stereocenters. The van der Waals surface area contributed by atoms with Gasteiger partial charge in [-0.1, -0.05) is 30.3 Å². The molecule has 1 aromatic heterocycles. The van der Waals surface area contributed by atoms with Crippen molar-refractivity contribution >= 4 is 6.03 Å². The van der Waals surface area contributed by atoms with Gasteiger partial charge in [-0.15, -0.1) is 0 Å². The van der Waals surface area contributed by atoms with E-state index in [0.717, 1.165) is 25.0 Å². The number of carbonyl (C=O) groups excluding carboxylic acids is 1. The highest BCUT2D eigenvalue weighted by molar-refractivity contribution is 5.74. The predicted octanol–water partition coefficient (Wildman–Crippen LogP) is 2.18. The van der Waals surface area contributed by atoms with Crippen LogP contribution in [0.25, 0.3) is 0 Å². The van der Waals surface area contributed by atoms with E-state index in [0.29, 0.717) is 13.2 Å². The number of nitrogens with one attached hydrogen (secondary N) is 2. The number of urea groups is 1. The molecule has 0 unspecified atom stereocenters. The van der Waals surface area contributed by atoms with Crippen LogP contribution in [-0.2, 0) is 18.2 Å². The summed E-state index contributed by atoms with van der Waals surface area (Å²) in [7, 11) is 1.90. The summed E-state index contributed by atoms with van der Waals surface area (Å²) in [5.74, 6) is 0. The maximum atomic E-state index is 12.1. The number of amides is 2. The van der Waals surface area contributed by atoms with Crippen molar-refractivity contribution in [2.75, 3.05) is 13.2 Å². The number of aromatic nitrogens is 2. The fraction of sp³-hybridized carbons (Fsp3) is 0.444. The molecule has 0 aliphatic carbocycles. The van der Waals surface area contributed by atoms with Crippen molar-refractivity contribution in [1.29, 1.82) is 0 Å². The fourth-order valence-electron chi connectivity index (χ4n) is 3.02. The fourth-order valence-corrected chi connectivity index (χ4v) is 3.02. The van der Waals surface area contributed by atoms with Crippen molar-refractivity contribution < 1.29 is 9.53 Å². The molecule has 6 heteroatoms. The Bertz CT molecular complexity index is 656. The van der Waals surface area contributed by atoms with Crippen LogP contribution in [0.3, 0.4) is 0 Å². The smallest absolute Gasteiger partial charge is 0.315 e. The minimum atomic E-state index is -0.115. The molecule has 0 saturated carbocycles. The number of aryl methyl sites for hydroxylation is 1. The Hall–Kier alpha value is -2.34. The largest absolute Gasteiger partial charge is 0.373 e. The Morgan fingerprint density at radius 1 is 1.33 bits per heavy atom. The zero-order valence-corrected chi connectivity index (χ0v) is 13.9. The van der Waals surface area contributed by atoms with Gasteiger partial charge in [0.1, 0.15) is 0 Å². The lowest BCUT2D eigenvalue weighted by atomic mass is 9.97. The second-order valence-electron chi connectivity index (χ2n) is 6.09. The normalized spacial score (nSPS) is 20.5. The number of hydrogen-bond acceptors (Lipinski definition) is 3. The summed E-state index contributed by atoms with van der Waals surface area (Å²) in [5, 5.41) is 10.1. The second-order valence-corrected chi connectivity index (χ2v) is 6.09. The van der Waals surface area contributed by atoms with Gasteiger partial charge in [0.15, 0.2) is 0 Å². The number of rotatable bonds is 5. The van der Waals surface area contributed by atoms with Gasteiger partial charge < -0.3 is 15.4 Å². The molecule has 1 fully saturated rings. The van der Waals surface area contributed by atoms with Crippen LogP contribution in [0.5, 0.6) is 0 Å². The molecule has 1 aromatic carbocycles. The minimum Gasteiger partial charge on any atom is -0.373 e. The van der Waals surface area contributed by atoms with Gasteiger partial charge in [0.25, 0.3) is 0 Å². The highest BCUT2D eigenvalue weighted by Gasteiger charge is 2.24. The zero-order valence-electron chi connectivity index (χ0n) is 13.9. The molecule has 2 amide bonds. The number of benzene rings is 1. The standard InChI is InChI=1S/C18H24N4O2/c1-22-16(8-11-20-22)7-10-19-18(23)21-15-9-12-24-17(13-15)14-5-3-2-4-6-14/h2-6,8,11,15,17H,7,9-10,12-13H2,1H3,(H2,19,21,23)/t15-,17+/m0/s1. The van der Waals surface area contributed by atoms with Gasteiger partial charge in [-0.3, -0.25) is 4.68 Å². The van der Waals surface area contributed by atoms with Gasteiger partial charge in [-0.05, 0) is 24.5 Å². The van der Waals surface area contributed by atoms with Gasteiger partial charge in [0, 0.05) is 44.6 Å². The van der Waals surface area contributed by atoms with E-state index in [9.17, 15) is 4.79 Å². The van der Waals surface area contributed by atoms with Crippen LogP contribution >= 0.6 is 0 Å². The molecule has 24 heavy (non-hydrogen) atoms. The van der Waals surface area contributed by atoms with E-state index in [1.165, 1.54) is 5.56 Å². The number of ether oxygens (including phenoxy) is 1. The van der Waals surface area contributed by atoms with E-state index in [1.54, 1.807) is 6.20 Å². The Kier molecular flexibility index (Phi) is 5.48. The van der Waals surface area contributed by atoms with Crippen LogP contribution in [0.2, 0.25) is 0 Å². The van der Waals surface area contributed by atoms with Gasteiger partial charge in [0.05, 0.1) is 6.10 Å². The van der Waals surface area contributed by atoms with E-state index < -0.39 is 0 Å². The molecule has 0 bridgehead atoms. The van der Waals surface area contributed by atoms with Crippen LogP contribution in [0.4, 0.5) is 4.79 Å². The molecular formula is C18H24N4O2. The maximum absolute atomic E-state index is 12.1. The Labute approximate surface area is 142 Å². The van der Waals surface area contributed by atoms with E-state index in [-0.39, 0.29) is 18.2 Å². The molecular weight excluding hydrogens is 304 g/mol. The third kappa shape index (κ3) is 4.35. The van der Waals surface area contributed by atoms with Crippen LogP contribution in [0.15, 0.2) is 42.6 Å². The maximum Gasteiger partial charge on any atom is 0.315 e. The van der Waals surface area contributed by atoms with Crippen molar-refractivity contribution in [3.63, 3.8) is 0 Å². The first-order chi connectivity index (χ1) is 11.7. The highest BCUT2D eigenvalue weighted by atomic mass is 16.5. The quantitative estimate of drug-likeness (QED) is 0.884. The second kappa shape index (κ2) is 7.97. The molecule has 2 N–H and O–H groups in total. The number of hydrogen-bond donors (Lipinski definition) is 2. The van der Waals surface area contributed by atoms with Gasteiger partial charge in [-0.2, -0.15) is 5.10 Å². The highest BCUT2D eigenvalue weighted by Crippen LogP contribution is 2.27. The minimum absolute atomic E-state index is 0.0553. The van der Waals surface area contributed by atoms with E-state index >= 15 is 0 Å². The van der Waals surface area contributed by atoms with Crippen LogP contribution < -0.4 is 10.6 Å². The summed E-state index contributed by atoms with van der Waals surface area (Å²) in [6, 6.07) is 12.2. The van der Waals surface area contributed by atoms with E-state index in [2.05, 4.69) is 27.9 Å². The van der Waals surface area contributed by atoms with E-state index in [1.807, 2.05) is 36.0 Å². The van der Waals surface area contributed by atoms with Gasteiger partial charge in [0.2, 0.25) is 0 Å². The topological polar surface area (TPSA) is 68.2 Å². The van der Waals surface area contributed by atoms with Crippen LogP contribution in [0.1, 0.15) is 30.2 Å². The molecule has 2 aromatic rings. The van der Waals surface area contributed by atoms with Crippen molar-refractivity contribution in [3.05, 3.63) is 53.9 Å². The third-order valence-electron chi connectivity index (χ3n) is 4.38. The summed E-state index contributed by atoms with van der Waals surface area (Å²) < 4.78 is 7.66. The summed E-state index contributed by atoms with van der Waals surface area (Å²) in [4.78, 5) is 12.1. The molecule has 0 spiro atoms. The lowest BCUT2D eigenvalue weighted by Crippen LogP contribution is -2.45. The molecule has 1 aliphatic rings. The molecule has 0 radical (unpaired) electrons. The zero-order chi connectivity index (χ0) is 16.8. The SMILES string of the molecule is Cn1nccc1CCNC(=O)N[C@H]1CCO[C@@H](c2ccccc2)C1. The van der Waals surface area contributed by atoms with Crippen LogP contribution in [-0.4, -0.2) is 35.0 Å². The first-order valence-electron chi connectivity index (χ1n) is 8.40. The molecule has 6 nitrogen and oxygen atoms in total. The monoisotopic (exact) mass is 328 g/mol. The average molecular weight is 328 g/mol. The molecule has 128 valence electrons. The van der Waals surface area contributed by atoms with Crippen LogP contribution in [0, 0.1) is 0 Å². The van der Waals surface area contributed by atoms with E-state index in [4.69, 9.17) is 4.74 Å². The summed E-state index contributed by atoms with van der Waals surface area (Å²) in [6.45, 7) is 1.26. The first kappa shape index (κ1) is 16.5. The molecule has 3 rings (SSSR count). The third-order valence-corrected chi connectivity index (χ3v) is 4.38. The average Bonchev–Trinajstić information content (AvgIpc) is 3.01. The number of carbonyl (C=O) groups is 1. The molecule has 1 saturated heterocycles. The lowest BCUT2D eigenvalue weighted by Gasteiger charge is -2.30. The Balaban J connectivity index is 1.43. The molecule has 1 aliphatic heterocycles. The van der Waals surface area contributed by atoms with Crippen molar-refractivity contribution in [3.8, 4) is 0 Å². The van der Waals surface area contributed by atoms with Gasteiger partial charge in [-0.25, -0.2) is 4.79 Å². The Morgan fingerprint density at radius 3 is 2.92 bits per heavy atom.